The number of alkyl halides is 1. The predicted molar refractivity (Wildman–Crippen MR) is 95.5 cm³/mol. The molecular formula is C17H27ClN2O2S. The van der Waals surface area contributed by atoms with Gasteiger partial charge in [-0.25, -0.2) is 13.1 Å². The molecule has 0 amide bonds. The molecule has 0 atom stereocenters. The number of nitrogens with zero attached hydrogens (tertiary/aromatic N) is 1. The number of likely N-dealkylation sites (tertiary alicyclic amines) is 1. The average molecular weight is 359 g/mol. The maximum Gasteiger partial charge on any atom is 0.240 e. The number of hydrogen-bond donors (Lipinski definition) is 1. The van der Waals surface area contributed by atoms with Crippen LogP contribution < -0.4 is 4.72 Å². The van der Waals surface area contributed by atoms with Gasteiger partial charge < -0.3 is 4.90 Å². The van der Waals surface area contributed by atoms with E-state index in [9.17, 15) is 8.42 Å². The first-order valence-electron chi connectivity index (χ1n) is 8.38. The second kappa shape index (κ2) is 9.02. The molecule has 1 N–H and O–H groups in total. The van der Waals surface area contributed by atoms with Crippen LogP contribution in [-0.2, 0) is 16.4 Å². The minimum absolute atomic E-state index is 0.333. The topological polar surface area (TPSA) is 49.4 Å². The van der Waals surface area contributed by atoms with Crippen molar-refractivity contribution in [3.63, 3.8) is 0 Å². The Bertz CT molecular complexity index is 567. The Labute approximate surface area is 145 Å². The zero-order valence-electron chi connectivity index (χ0n) is 13.8. The van der Waals surface area contributed by atoms with Crippen LogP contribution in [0.4, 0.5) is 0 Å². The summed E-state index contributed by atoms with van der Waals surface area (Å²) in [5, 5.41) is 0. The van der Waals surface area contributed by atoms with Gasteiger partial charge in [-0.1, -0.05) is 19.1 Å². The van der Waals surface area contributed by atoms with Crippen molar-refractivity contribution in [3.05, 3.63) is 29.8 Å². The van der Waals surface area contributed by atoms with Crippen molar-refractivity contribution in [1.29, 1.82) is 0 Å². The fraction of sp³-hybridized carbons (Fsp3) is 0.647. The molecule has 1 heterocycles. The van der Waals surface area contributed by atoms with Crippen molar-refractivity contribution in [3.8, 4) is 0 Å². The van der Waals surface area contributed by atoms with Crippen molar-refractivity contribution in [2.45, 2.75) is 37.5 Å². The van der Waals surface area contributed by atoms with Crippen molar-refractivity contribution >= 4 is 21.6 Å². The van der Waals surface area contributed by atoms with Crippen LogP contribution in [0.5, 0.6) is 0 Å². The lowest BCUT2D eigenvalue weighted by atomic mass is 9.99. The fourth-order valence-corrected chi connectivity index (χ4v) is 3.97. The molecule has 2 rings (SSSR count). The number of aryl methyl sites for hydroxylation is 1. The summed E-state index contributed by atoms with van der Waals surface area (Å²) in [5.41, 5.74) is 1.12. The summed E-state index contributed by atoms with van der Waals surface area (Å²) in [6.07, 6.45) is 4.19. The summed E-state index contributed by atoms with van der Waals surface area (Å²) < 4.78 is 27.3. The Morgan fingerprint density at radius 3 is 2.48 bits per heavy atom. The molecule has 0 unspecified atom stereocenters. The van der Waals surface area contributed by atoms with E-state index < -0.39 is 10.0 Å². The van der Waals surface area contributed by atoms with E-state index in [-0.39, 0.29) is 0 Å². The molecule has 130 valence electrons. The SMILES string of the molecule is CC1CCN(CCNS(=O)(=O)c2ccc(CCCCl)cc2)CC1. The van der Waals surface area contributed by atoms with Crippen LogP contribution in [0.15, 0.2) is 29.2 Å². The molecule has 0 saturated carbocycles. The summed E-state index contributed by atoms with van der Waals surface area (Å²) >= 11 is 5.67. The lowest BCUT2D eigenvalue weighted by Gasteiger charge is -2.30. The predicted octanol–water partition coefficient (Wildman–Crippen LogP) is 2.87. The zero-order chi connectivity index (χ0) is 16.7. The second-order valence-electron chi connectivity index (χ2n) is 6.36. The molecule has 1 fully saturated rings. The Morgan fingerprint density at radius 1 is 1.22 bits per heavy atom. The third kappa shape index (κ3) is 6.07. The highest BCUT2D eigenvalue weighted by Crippen LogP contribution is 2.15. The standard InChI is InChI=1S/C17H27ClN2O2S/c1-15-8-12-20(13-9-15)14-11-19-23(21,22)17-6-4-16(5-7-17)3-2-10-18/h4-7,15,19H,2-3,8-14H2,1H3. The number of rotatable bonds is 8. The molecule has 4 nitrogen and oxygen atoms in total. The van der Waals surface area contributed by atoms with Crippen molar-refractivity contribution < 1.29 is 8.42 Å². The third-order valence-corrected chi connectivity index (χ3v) is 6.17. The van der Waals surface area contributed by atoms with Gasteiger partial charge in [0.1, 0.15) is 0 Å². The van der Waals surface area contributed by atoms with Crippen LogP contribution in [0.2, 0.25) is 0 Å². The molecule has 23 heavy (non-hydrogen) atoms. The summed E-state index contributed by atoms with van der Waals surface area (Å²) in [6.45, 7) is 5.65. The van der Waals surface area contributed by atoms with Crippen LogP contribution in [0.1, 0.15) is 31.7 Å². The van der Waals surface area contributed by atoms with E-state index in [0.29, 0.717) is 17.3 Å². The molecule has 0 aromatic heterocycles. The first-order chi connectivity index (χ1) is 11.0. The van der Waals surface area contributed by atoms with E-state index in [1.165, 1.54) is 12.8 Å². The number of sulfonamides is 1. The molecule has 0 aliphatic carbocycles. The average Bonchev–Trinajstić information content (AvgIpc) is 2.55. The monoisotopic (exact) mass is 358 g/mol. The van der Waals surface area contributed by atoms with Gasteiger partial charge in [0, 0.05) is 19.0 Å². The number of benzene rings is 1. The van der Waals surface area contributed by atoms with Crippen LogP contribution in [0, 0.1) is 5.92 Å². The number of hydrogen-bond acceptors (Lipinski definition) is 3. The summed E-state index contributed by atoms with van der Waals surface area (Å²) in [7, 11) is -3.41. The van der Waals surface area contributed by atoms with Crippen LogP contribution >= 0.6 is 11.6 Å². The van der Waals surface area contributed by atoms with Gasteiger partial charge in [-0.05, 0) is 62.4 Å². The lowest BCUT2D eigenvalue weighted by molar-refractivity contribution is 0.195. The van der Waals surface area contributed by atoms with E-state index in [1.807, 2.05) is 12.1 Å². The van der Waals surface area contributed by atoms with Crippen molar-refractivity contribution in [2.75, 3.05) is 32.1 Å². The summed E-state index contributed by atoms with van der Waals surface area (Å²) in [6, 6.07) is 7.09. The molecule has 1 aromatic carbocycles. The largest absolute Gasteiger partial charge is 0.302 e. The van der Waals surface area contributed by atoms with Gasteiger partial charge >= 0.3 is 0 Å². The fourth-order valence-electron chi connectivity index (χ4n) is 2.81. The minimum Gasteiger partial charge on any atom is -0.302 e. The van der Waals surface area contributed by atoms with Gasteiger partial charge in [-0.3, -0.25) is 0 Å². The molecule has 1 saturated heterocycles. The van der Waals surface area contributed by atoms with Crippen LogP contribution in [0.25, 0.3) is 0 Å². The highest BCUT2D eigenvalue weighted by Gasteiger charge is 2.17. The third-order valence-electron chi connectivity index (χ3n) is 4.43. The lowest BCUT2D eigenvalue weighted by Crippen LogP contribution is -2.39. The van der Waals surface area contributed by atoms with Crippen molar-refractivity contribution in [2.24, 2.45) is 5.92 Å². The van der Waals surface area contributed by atoms with E-state index >= 15 is 0 Å². The van der Waals surface area contributed by atoms with Gasteiger partial charge in [-0.15, -0.1) is 11.6 Å². The first kappa shape index (κ1) is 18.7. The smallest absolute Gasteiger partial charge is 0.240 e. The van der Waals surface area contributed by atoms with Crippen LogP contribution in [0.3, 0.4) is 0 Å². The van der Waals surface area contributed by atoms with Crippen LogP contribution in [-0.4, -0.2) is 45.4 Å². The maximum absolute atomic E-state index is 12.3. The van der Waals surface area contributed by atoms with Gasteiger partial charge in [0.15, 0.2) is 0 Å². The van der Waals surface area contributed by atoms with Crippen molar-refractivity contribution in [1.82, 2.24) is 9.62 Å². The molecule has 0 bridgehead atoms. The molecule has 0 radical (unpaired) electrons. The van der Waals surface area contributed by atoms with Gasteiger partial charge in [0.05, 0.1) is 4.90 Å². The zero-order valence-corrected chi connectivity index (χ0v) is 15.4. The Kier molecular flexibility index (Phi) is 7.34. The van der Waals surface area contributed by atoms with Gasteiger partial charge in [0.25, 0.3) is 0 Å². The van der Waals surface area contributed by atoms with E-state index in [2.05, 4.69) is 16.5 Å². The quantitative estimate of drug-likeness (QED) is 0.727. The Morgan fingerprint density at radius 2 is 1.87 bits per heavy atom. The number of halogens is 1. The minimum atomic E-state index is -3.41. The van der Waals surface area contributed by atoms with Gasteiger partial charge in [-0.2, -0.15) is 0 Å². The highest BCUT2D eigenvalue weighted by molar-refractivity contribution is 7.89. The highest BCUT2D eigenvalue weighted by atomic mass is 35.5. The number of nitrogens with one attached hydrogen (secondary N) is 1. The molecule has 0 spiro atoms. The number of piperidine rings is 1. The Balaban J connectivity index is 1.81. The van der Waals surface area contributed by atoms with E-state index in [0.717, 1.165) is 44.0 Å². The molecule has 1 aliphatic heterocycles. The first-order valence-corrected chi connectivity index (χ1v) is 10.4. The summed E-state index contributed by atoms with van der Waals surface area (Å²) in [5.74, 6) is 1.41. The van der Waals surface area contributed by atoms with E-state index in [4.69, 9.17) is 11.6 Å². The maximum atomic E-state index is 12.3. The van der Waals surface area contributed by atoms with E-state index in [1.54, 1.807) is 12.1 Å². The molecule has 1 aliphatic rings. The van der Waals surface area contributed by atoms with Gasteiger partial charge in [0.2, 0.25) is 10.0 Å². The molecular weight excluding hydrogens is 332 g/mol. The second-order valence-corrected chi connectivity index (χ2v) is 8.50. The molecule has 1 aromatic rings. The summed E-state index contributed by atoms with van der Waals surface area (Å²) in [4.78, 5) is 2.66. The Hall–Kier alpha value is -0.620. The normalized spacial score (nSPS) is 17.5. The molecule has 6 heteroatoms.